The summed E-state index contributed by atoms with van der Waals surface area (Å²) in [7, 11) is 1.56. The van der Waals surface area contributed by atoms with E-state index >= 15 is 0 Å². The molecule has 0 unspecified atom stereocenters. The Bertz CT molecular complexity index is 971. The molecule has 1 aromatic carbocycles. The molecule has 2 aromatic rings. The quantitative estimate of drug-likeness (QED) is 0.908. The molecule has 6 nitrogen and oxygen atoms in total. The molecule has 7 heteroatoms. The van der Waals surface area contributed by atoms with E-state index in [1.807, 2.05) is 6.07 Å². The van der Waals surface area contributed by atoms with Crippen LogP contribution < -0.4 is 16.0 Å². The predicted octanol–water partition coefficient (Wildman–Crippen LogP) is 2.16. The first-order valence-electron chi connectivity index (χ1n) is 8.04. The lowest BCUT2D eigenvalue weighted by molar-refractivity contribution is 0.185. The summed E-state index contributed by atoms with van der Waals surface area (Å²) in [5.74, 6) is -0.862. The van der Waals surface area contributed by atoms with Gasteiger partial charge in [-0.2, -0.15) is 5.26 Å². The highest BCUT2D eigenvalue weighted by Crippen LogP contribution is 2.40. The van der Waals surface area contributed by atoms with Gasteiger partial charge in [0.1, 0.15) is 23.2 Å². The van der Waals surface area contributed by atoms with Crippen LogP contribution >= 0.6 is 0 Å². The zero-order valence-corrected chi connectivity index (χ0v) is 14.5. The molecular weight excluding hydrogens is 337 g/mol. The minimum absolute atomic E-state index is 0.0530. The van der Waals surface area contributed by atoms with Crippen LogP contribution in [-0.4, -0.2) is 18.3 Å². The molecule has 2 N–H and O–H groups in total. The fourth-order valence-corrected chi connectivity index (χ4v) is 3.14. The molecule has 0 saturated carbocycles. The number of pyridine rings is 1. The van der Waals surface area contributed by atoms with E-state index in [-0.39, 0.29) is 17.0 Å². The highest BCUT2D eigenvalue weighted by Gasteiger charge is 2.34. The van der Waals surface area contributed by atoms with Crippen molar-refractivity contribution in [2.24, 2.45) is 5.73 Å². The third kappa shape index (κ3) is 2.95. The van der Waals surface area contributed by atoms with Crippen molar-refractivity contribution in [2.75, 3.05) is 13.7 Å². The zero-order valence-electron chi connectivity index (χ0n) is 14.5. The SMILES string of the molecule is COCCn1c(C)cc2c(c1=O)[C@@H](c1ccc(F)cc1)C(C#N)=C(N)O2. The fourth-order valence-electron chi connectivity index (χ4n) is 3.14. The lowest BCUT2D eigenvalue weighted by Crippen LogP contribution is -2.33. The van der Waals surface area contributed by atoms with Crippen LogP contribution in [0.3, 0.4) is 0 Å². The summed E-state index contributed by atoms with van der Waals surface area (Å²) in [5.41, 5.74) is 7.35. The van der Waals surface area contributed by atoms with Crippen molar-refractivity contribution in [3.8, 4) is 11.8 Å². The van der Waals surface area contributed by atoms with Gasteiger partial charge >= 0.3 is 0 Å². The van der Waals surface area contributed by atoms with Gasteiger partial charge < -0.3 is 19.8 Å². The number of nitrogens with two attached hydrogens (primary N) is 1. The molecule has 0 saturated heterocycles. The molecule has 0 fully saturated rings. The van der Waals surface area contributed by atoms with Gasteiger partial charge in [-0.15, -0.1) is 0 Å². The minimum Gasteiger partial charge on any atom is -0.440 e. The average Bonchev–Trinajstić information content (AvgIpc) is 2.61. The Morgan fingerprint density at radius 3 is 2.69 bits per heavy atom. The van der Waals surface area contributed by atoms with Crippen molar-refractivity contribution in [2.45, 2.75) is 19.4 Å². The Morgan fingerprint density at radius 1 is 1.38 bits per heavy atom. The van der Waals surface area contributed by atoms with Gasteiger partial charge in [0.2, 0.25) is 5.88 Å². The highest BCUT2D eigenvalue weighted by molar-refractivity contribution is 5.55. The lowest BCUT2D eigenvalue weighted by Gasteiger charge is -2.27. The van der Waals surface area contributed by atoms with Gasteiger partial charge in [0.05, 0.1) is 18.1 Å². The van der Waals surface area contributed by atoms with E-state index in [0.717, 1.165) is 0 Å². The van der Waals surface area contributed by atoms with Crippen molar-refractivity contribution < 1.29 is 13.9 Å². The third-order valence-electron chi connectivity index (χ3n) is 4.41. The maximum Gasteiger partial charge on any atom is 0.258 e. The Labute approximate surface area is 149 Å². The summed E-state index contributed by atoms with van der Waals surface area (Å²) in [6.07, 6.45) is 0. The van der Waals surface area contributed by atoms with Crippen LogP contribution in [0.25, 0.3) is 0 Å². The van der Waals surface area contributed by atoms with Crippen molar-refractivity contribution in [3.05, 3.63) is 74.8 Å². The summed E-state index contributed by atoms with van der Waals surface area (Å²) >= 11 is 0. The van der Waals surface area contributed by atoms with Crippen LogP contribution in [0.1, 0.15) is 22.7 Å². The number of ether oxygens (including phenoxy) is 2. The lowest BCUT2D eigenvalue weighted by atomic mass is 9.84. The first kappa shape index (κ1) is 17.7. The van der Waals surface area contributed by atoms with Crippen LogP contribution in [0.2, 0.25) is 0 Å². The molecule has 2 heterocycles. The zero-order chi connectivity index (χ0) is 18.8. The first-order valence-corrected chi connectivity index (χ1v) is 8.04. The van der Waals surface area contributed by atoms with E-state index < -0.39 is 11.7 Å². The van der Waals surface area contributed by atoms with Gasteiger partial charge in [-0.25, -0.2) is 4.39 Å². The molecule has 0 aliphatic carbocycles. The molecule has 0 radical (unpaired) electrons. The van der Waals surface area contributed by atoms with Crippen LogP contribution in [0.4, 0.5) is 4.39 Å². The maximum atomic E-state index is 13.3. The second-order valence-electron chi connectivity index (χ2n) is 5.99. The number of fused-ring (bicyclic) bond motifs is 1. The highest BCUT2D eigenvalue weighted by atomic mass is 19.1. The Balaban J connectivity index is 2.25. The van der Waals surface area contributed by atoms with Gasteiger partial charge in [-0.3, -0.25) is 4.79 Å². The number of allylic oxidation sites excluding steroid dienone is 1. The van der Waals surface area contributed by atoms with Crippen molar-refractivity contribution in [1.29, 1.82) is 5.26 Å². The van der Waals surface area contributed by atoms with Crippen molar-refractivity contribution in [3.63, 3.8) is 0 Å². The fraction of sp³-hybridized carbons (Fsp3) is 0.263. The number of aromatic nitrogens is 1. The molecule has 3 rings (SSSR count). The second-order valence-corrected chi connectivity index (χ2v) is 5.99. The smallest absolute Gasteiger partial charge is 0.258 e. The van der Waals surface area contributed by atoms with Gasteiger partial charge in [0.25, 0.3) is 5.56 Å². The van der Waals surface area contributed by atoms with E-state index in [1.54, 1.807) is 36.8 Å². The molecule has 1 atom stereocenters. The van der Waals surface area contributed by atoms with E-state index in [9.17, 15) is 14.4 Å². The molecule has 134 valence electrons. The van der Waals surface area contributed by atoms with Gasteiger partial charge in [0.15, 0.2) is 0 Å². The maximum absolute atomic E-state index is 13.3. The van der Waals surface area contributed by atoms with Crippen LogP contribution in [-0.2, 0) is 11.3 Å². The van der Waals surface area contributed by atoms with Crippen LogP contribution in [0.5, 0.6) is 5.75 Å². The monoisotopic (exact) mass is 355 g/mol. The number of halogens is 1. The number of methoxy groups -OCH3 is 1. The number of nitriles is 1. The third-order valence-corrected chi connectivity index (χ3v) is 4.41. The number of aryl methyl sites for hydroxylation is 1. The second kappa shape index (κ2) is 7.02. The number of rotatable bonds is 4. The largest absolute Gasteiger partial charge is 0.440 e. The first-order chi connectivity index (χ1) is 12.5. The predicted molar refractivity (Wildman–Crippen MR) is 93.0 cm³/mol. The average molecular weight is 355 g/mol. The van der Waals surface area contributed by atoms with E-state index in [1.165, 1.54) is 12.1 Å². The Kier molecular flexibility index (Phi) is 4.78. The molecule has 0 bridgehead atoms. The normalized spacial score (nSPS) is 16.0. The van der Waals surface area contributed by atoms with E-state index in [0.29, 0.717) is 35.7 Å². The summed E-state index contributed by atoms with van der Waals surface area (Å²) < 4.78 is 25.5. The summed E-state index contributed by atoms with van der Waals surface area (Å²) in [6.45, 7) is 2.52. The number of nitrogens with zero attached hydrogens (tertiary/aromatic N) is 2. The summed E-state index contributed by atoms with van der Waals surface area (Å²) in [4.78, 5) is 13.1. The Morgan fingerprint density at radius 2 is 2.08 bits per heavy atom. The topological polar surface area (TPSA) is 90.3 Å². The van der Waals surface area contributed by atoms with Crippen LogP contribution in [0, 0.1) is 24.1 Å². The van der Waals surface area contributed by atoms with Gasteiger partial charge in [0, 0.05) is 25.4 Å². The number of benzene rings is 1. The molecule has 1 aromatic heterocycles. The molecule has 1 aliphatic heterocycles. The molecule has 0 amide bonds. The standard InChI is InChI=1S/C19H18FN3O3/c1-11-9-15-17(19(24)23(11)7-8-25-2)16(14(10-21)18(22)26-15)12-3-5-13(20)6-4-12/h3-6,9,16H,7-8,22H2,1-2H3/t16-/m0/s1. The van der Waals surface area contributed by atoms with Gasteiger partial charge in [-0.05, 0) is 24.6 Å². The van der Waals surface area contributed by atoms with Gasteiger partial charge in [-0.1, -0.05) is 12.1 Å². The molecule has 26 heavy (non-hydrogen) atoms. The number of hydrogen-bond acceptors (Lipinski definition) is 5. The number of hydrogen-bond donors (Lipinski definition) is 1. The van der Waals surface area contributed by atoms with Crippen LogP contribution in [0.15, 0.2) is 46.6 Å². The van der Waals surface area contributed by atoms with E-state index in [4.69, 9.17) is 15.2 Å². The van der Waals surface area contributed by atoms with Crippen molar-refractivity contribution in [1.82, 2.24) is 4.57 Å². The van der Waals surface area contributed by atoms with Crippen molar-refractivity contribution >= 4 is 0 Å². The summed E-state index contributed by atoms with van der Waals surface area (Å²) in [6, 6.07) is 9.39. The Hall–Kier alpha value is -3.11. The molecule has 1 aliphatic rings. The summed E-state index contributed by atoms with van der Waals surface area (Å²) in [5, 5.41) is 9.56. The molecule has 0 spiro atoms. The molecular formula is C19H18FN3O3. The van der Waals surface area contributed by atoms with E-state index in [2.05, 4.69) is 0 Å². The minimum atomic E-state index is -0.716.